The molecule has 3 aromatic carbocycles. The molecule has 0 bridgehead atoms. The molecule has 0 saturated heterocycles. The molecule has 0 spiro atoms. The molecule has 0 aliphatic heterocycles. The number of rotatable bonds is 8. The Morgan fingerprint density at radius 3 is 2.20 bits per heavy atom. The van der Waals surface area contributed by atoms with Gasteiger partial charge in [-0.2, -0.15) is 0 Å². The molecule has 5 nitrogen and oxygen atoms in total. The number of ether oxygens (including phenoxy) is 1. The van der Waals surface area contributed by atoms with Crippen LogP contribution in [-0.2, 0) is 14.6 Å². The van der Waals surface area contributed by atoms with Gasteiger partial charge in [0.2, 0.25) is 0 Å². The van der Waals surface area contributed by atoms with Gasteiger partial charge >= 0.3 is 0 Å². The summed E-state index contributed by atoms with van der Waals surface area (Å²) in [6.45, 7) is 3.88. The Morgan fingerprint density at radius 1 is 0.933 bits per heavy atom. The monoisotopic (exact) mass is 425 g/mol. The summed E-state index contributed by atoms with van der Waals surface area (Å²) >= 11 is 0. The molecule has 2 atom stereocenters. The largest absolute Gasteiger partial charge is 0.481 e. The fourth-order valence-corrected chi connectivity index (χ4v) is 3.99. The first kappa shape index (κ1) is 21.8. The van der Waals surface area contributed by atoms with Crippen molar-refractivity contribution in [2.24, 2.45) is 0 Å². The number of sulfone groups is 1. The summed E-state index contributed by atoms with van der Waals surface area (Å²) in [5, 5.41) is 5.21. The quantitative estimate of drug-likeness (QED) is 0.569. The number of benzene rings is 3. The molecule has 0 heterocycles. The van der Waals surface area contributed by atoms with Crippen LogP contribution in [0.25, 0.3) is 10.8 Å². The lowest BCUT2D eigenvalue weighted by Gasteiger charge is -2.22. The number of nitrogens with one attached hydrogen (secondary N) is 1. The Balaban J connectivity index is 1.72. The van der Waals surface area contributed by atoms with Gasteiger partial charge in [0.15, 0.2) is 15.9 Å². The van der Waals surface area contributed by atoms with E-state index in [2.05, 4.69) is 5.32 Å². The molecule has 1 amide bonds. The van der Waals surface area contributed by atoms with E-state index >= 15 is 0 Å². The van der Waals surface area contributed by atoms with Crippen LogP contribution in [0.15, 0.2) is 71.6 Å². The summed E-state index contributed by atoms with van der Waals surface area (Å²) in [7, 11) is -3.25. The third-order valence-electron chi connectivity index (χ3n) is 5.10. The third-order valence-corrected chi connectivity index (χ3v) is 6.23. The minimum absolute atomic E-state index is 0.190. The molecule has 0 aromatic heterocycles. The lowest BCUT2D eigenvalue weighted by molar-refractivity contribution is -0.128. The van der Waals surface area contributed by atoms with Crippen molar-refractivity contribution in [1.82, 2.24) is 5.32 Å². The molecule has 3 aromatic rings. The number of amides is 1. The van der Waals surface area contributed by atoms with Gasteiger partial charge in [0.1, 0.15) is 5.75 Å². The minimum atomic E-state index is -3.25. The van der Waals surface area contributed by atoms with Gasteiger partial charge in [-0.3, -0.25) is 4.79 Å². The maximum absolute atomic E-state index is 12.9. The van der Waals surface area contributed by atoms with Gasteiger partial charge in [0, 0.05) is 6.26 Å². The first-order valence-electron chi connectivity index (χ1n) is 10.1. The Kier molecular flexibility index (Phi) is 6.77. The van der Waals surface area contributed by atoms with Crippen molar-refractivity contribution in [2.45, 2.75) is 43.7 Å². The molecule has 0 aliphatic rings. The van der Waals surface area contributed by atoms with Crippen LogP contribution in [0, 0.1) is 0 Å². The molecule has 0 aliphatic carbocycles. The van der Waals surface area contributed by atoms with Crippen LogP contribution >= 0.6 is 0 Å². The highest BCUT2D eigenvalue weighted by Gasteiger charge is 2.22. The summed E-state index contributed by atoms with van der Waals surface area (Å²) in [4.78, 5) is 13.1. The standard InChI is InChI=1S/C24H27NO4S/c1-4-22(18-11-14-21(15-12-18)30(3,27)28)25-24(26)23(5-2)29-20-13-10-17-8-6-7-9-19(17)16-20/h6-16,22-23H,4-5H2,1-3H3,(H,25,26)/t22-,23-/m1/s1. The summed E-state index contributed by atoms with van der Waals surface area (Å²) in [6, 6.07) is 20.2. The minimum Gasteiger partial charge on any atom is -0.481 e. The smallest absolute Gasteiger partial charge is 0.261 e. The molecule has 0 radical (unpaired) electrons. The highest BCUT2D eigenvalue weighted by Crippen LogP contribution is 2.23. The lowest BCUT2D eigenvalue weighted by Crippen LogP contribution is -2.39. The van der Waals surface area contributed by atoms with E-state index in [0.29, 0.717) is 18.6 Å². The highest BCUT2D eigenvalue weighted by molar-refractivity contribution is 7.90. The Morgan fingerprint density at radius 2 is 1.60 bits per heavy atom. The molecule has 30 heavy (non-hydrogen) atoms. The van der Waals surface area contributed by atoms with Crippen LogP contribution in [0.1, 0.15) is 38.3 Å². The third kappa shape index (κ3) is 5.19. The zero-order valence-corrected chi connectivity index (χ0v) is 18.3. The van der Waals surface area contributed by atoms with Crippen molar-refractivity contribution in [1.29, 1.82) is 0 Å². The Labute approximate surface area is 178 Å². The second-order valence-corrected chi connectivity index (χ2v) is 9.35. The number of carbonyl (C=O) groups is 1. The first-order valence-corrected chi connectivity index (χ1v) is 12.0. The van der Waals surface area contributed by atoms with E-state index in [1.54, 1.807) is 24.3 Å². The maximum atomic E-state index is 12.9. The topological polar surface area (TPSA) is 72.5 Å². The number of carbonyl (C=O) groups excluding carboxylic acids is 1. The van der Waals surface area contributed by atoms with Crippen LogP contribution in [-0.4, -0.2) is 26.7 Å². The second kappa shape index (κ2) is 9.30. The predicted octanol–water partition coefficient (Wildman–Crippen LogP) is 4.67. The number of hydrogen-bond donors (Lipinski definition) is 1. The summed E-state index contributed by atoms with van der Waals surface area (Å²) in [6.07, 6.45) is 1.77. The van der Waals surface area contributed by atoms with Gasteiger partial charge in [-0.15, -0.1) is 0 Å². The fourth-order valence-electron chi connectivity index (χ4n) is 3.36. The molecule has 1 N–H and O–H groups in total. The highest BCUT2D eigenvalue weighted by atomic mass is 32.2. The zero-order valence-electron chi connectivity index (χ0n) is 17.5. The van der Waals surface area contributed by atoms with Crippen molar-refractivity contribution in [3.8, 4) is 5.75 Å². The van der Waals surface area contributed by atoms with E-state index in [1.165, 1.54) is 6.26 Å². The molecule has 158 valence electrons. The van der Waals surface area contributed by atoms with Crippen molar-refractivity contribution in [3.63, 3.8) is 0 Å². The average Bonchev–Trinajstić information content (AvgIpc) is 2.75. The van der Waals surface area contributed by atoms with Gasteiger partial charge in [0.05, 0.1) is 10.9 Å². The molecular formula is C24H27NO4S. The summed E-state index contributed by atoms with van der Waals surface area (Å²) in [5.41, 5.74) is 0.860. The molecule has 0 saturated carbocycles. The SMILES string of the molecule is CC[C@@H](Oc1ccc2ccccc2c1)C(=O)N[C@H](CC)c1ccc(S(C)(=O)=O)cc1. The van der Waals surface area contributed by atoms with Gasteiger partial charge in [-0.05, 0) is 53.4 Å². The van der Waals surface area contributed by atoms with E-state index in [-0.39, 0.29) is 16.8 Å². The molecule has 0 unspecified atom stereocenters. The fraction of sp³-hybridized carbons (Fsp3) is 0.292. The van der Waals surface area contributed by atoms with Gasteiger partial charge in [0.25, 0.3) is 5.91 Å². The lowest BCUT2D eigenvalue weighted by atomic mass is 10.0. The van der Waals surface area contributed by atoms with Crippen LogP contribution in [0.3, 0.4) is 0 Å². The van der Waals surface area contributed by atoms with Crippen molar-refractivity contribution >= 4 is 26.5 Å². The Hall–Kier alpha value is -2.86. The normalized spacial score (nSPS) is 13.6. The predicted molar refractivity (Wildman–Crippen MR) is 119 cm³/mol. The van der Waals surface area contributed by atoms with Crippen LogP contribution in [0.2, 0.25) is 0 Å². The van der Waals surface area contributed by atoms with E-state index in [1.807, 2.05) is 56.3 Å². The van der Waals surface area contributed by atoms with E-state index in [9.17, 15) is 13.2 Å². The van der Waals surface area contributed by atoms with E-state index in [4.69, 9.17) is 4.74 Å². The first-order chi connectivity index (χ1) is 14.3. The maximum Gasteiger partial charge on any atom is 0.261 e. The molecule has 0 fully saturated rings. The molecule has 6 heteroatoms. The van der Waals surface area contributed by atoms with E-state index < -0.39 is 15.9 Å². The van der Waals surface area contributed by atoms with Crippen LogP contribution in [0.4, 0.5) is 0 Å². The zero-order chi connectivity index (χ0) is 21.7. The summed E-state index contributed by atoms with van der Waals surface area (Å²) in [5.74, 6) is 0.464. The number of hydrogen-bond acceptors (Lipinski definition) is 4. The van der Waals surface area contributed by atoms with Crippen molar-refractivity contribution in [3.05, 3.63) is 72.3 Å². The van der Waals surface area contributed by atoms with E-state index in [0.717, 1.165) is 16.3 Å². The molecular weight excluding hydrogens is 398 g/mol. The molecule has 3 rings (SSSR count). The van der Waals surface area contributed by atoms with Crippen molar-refractivity contribution in [2.75, 3.05) is 6.26 Å². The van der Waals surface area contributed by atoms with Crippen LogP contribution in [0.5, 0.6) is 5.75 Å². The van der Waals surface area contributed by atoms with Crippen LogP contribution < -0.4 is 10.1 Å². The second-order valence-electron chi connectivity index (χ2n) is 7.33. The number of fused-ring (bicyclic) bond motifs is 1. The van der Waals surface area contributed by atoms with Gasteiger partial charge < -0.3 is 10.1 Å². The Bertz CT molecular complexity index is 1120. The summed E-state index contributed by atoms with van der Waals surface area (Å²) < 4.78 is 29.3. The van der Waals surface area contributed by atoms with Gasteiger partial charge in [-0.25, -0.2) is 8.42 Å². The average molecular weight is 426 g/mol. The van der Waals surface area contributed by atoms with Crippen molar-refractivity contribution < 1.29 is 17.9 Å². The van der Waals surface area contributed by atoms with Gasteiger partial charge in [-0.1, -0.05) is 56.3 Å².